The predicted molar refractivity (Wildman–Crippen MR) is 88.3 cm³/mol. The van der Waals surface area contributed by atoms with Crippen LogP contribution in [0.2, 0.25) is 5.02 Å². The lowest BCUT2D eigenvalue weighted by Gasteiger charge is -2.37. The summed E-state index contributed by atoms with van der Waals surface area (Å²) in [5.74, 6) is 0.0974. The second-order valence-electron chi connectivity index (χ2n) is 6.45. The maximum atomic E-state index is 12.4. The number of hydrogen-bond acceptors (Lipinski definition) is 3. The van der Waals surface area contributed by atoms with Crippen LogP contribution in [0.15, 0.2) is 24.3 Å². The molecule has 1 N–H and O–H groups in total. The summed E-state index contributed by atoms with van der Waals surface area (Å²) in [5, 5.41) is 11.1. The van der Waals surface area contributed by atoms with Crippen LogP contribution in [-0.4, -0.2) is 47.7 Å². The Morgan fingerprint density at radius 3 is 2.27 bits per heavy atom. The minimum Gasteiger partial charge on any atom is -0.389 e. The minimum atomic E-state index is -0.746. The van der Waals surface area contributed by atoms with Crippen molar-refractivity contribution in [2.75, 3.05) is 31.1 Å². The van der Waals surface area contributed by atoms with Gasteiger partial charge < -0.3 is 14.9 Å². The number of aliphatic hydroxyl groups is 1. The maximum Gasteiger partial charge on any atom is 0.225 e. The molecule has 1 aliphatic heterocycles. The second kappa shape index (κ2) is 6.47. The normalized spacial score (nSPS) is 21.2. The minimum absolute atomic E-state index is 0.0974. The van der Waals surface area contributed by atoms with Crippen molar-refractivity contribution in [2.45, 2.75) is 37.7 Å². The first-order valence-electron chi connectivity index (χ1n) is 8.06. The number of piperazine rings is 1. The molecule has 1 aromatic rings. The van der Waals surface area contributed by atoms with Gasteiger partial charge in [0, 0.05) is 36.9 Å². The topological polar surface area (TPSA) is 43.8 Å². The van der Waals surface area contributed by atoms with Crippen LogP contribution in [0.1, 0.15) is 32.1 Å². The third-order valence-corrected chi connectivity index (χ3v) is 5.09. The van der Waals surface area contributed by atoms with Crippen LogP contribution < -0.4 is 4.90 Å². The van der Waals surface area contributed by atoms with Crippen LogP contribution in [0.4, 0.5) is 5.69 Å². The average Bonchev–Trinajstić information content (AvgIpc) is 2.94. The fourth-order valence-corrected chi connectivity index (χ4v) is 3.60. The Balaban J connectivity index is 1.52. The molecule has 0 spiro atoms. The maximum absolute atomic E-state index is 12.4. The van der Waals surface area contributed by atoms with Gasteiger partial charge in [-0.3, -0.25) is 4.79 Å². The highest BCUT2D eigenvalue weighted by Gasteiger charge is 2.35. The smallest absolute Gasteiger partial charge is 0.225 e. The number of nitrogens with zero attached hydrogens (tertiary/aromatic N) is 2. The van der Waals surface area contributed by atoms with E-state index >= 15 is 0 Å². The quantitative estimate of drug-likeness (QED) is 0.930. The monoisotopic (exact) mass is 322 g/mol. The van der Waals surface area contributed by atoms with Crippen molar-refractivity contribution in [3.05, 3.63) is 29.3 Å². The zero-order chi connectivity index (χ0) is 15.6. The van der Waals surface area contributed by atoms with Crippen LogP contribution in [-0.2, 0) is 4.79 Å². The number of benzene rings is 1. The van der Waals surface area contributed by atoms with Crippen LogP contribution in [0, 0.1) is 0 Å². The van der Waals surface area contributed by atoms with Crippen molar-refractivity contribution in [3.8, 4) is 0 Å². The van der Waals surface area contributed by atoms with Crippen molar-refractivity contribution < 1.29 is 9.90 Å². The van der Waals surface area contributed by atoms with Gasteiger partial charge in [-0.25, -0.2) is 0 Å². The van der Waals surface area contributed by atoms with Crippen molar-refractivity contribution in [1.82, 2.24) is 4.90 Å². The molecule has 1 saturated carbocycles. The van der Waals surface area contributed by atoms with E-state index in [0.29, 0.717) is 0 Å². The largest absolute Gasteiger partial charge is 0.389 e. The van der Waals surface area contributed by atoms with Crippen LogP contribution in [0.3, 0.4) is 0 Å². The van der Waals surface area contributed by atoms with E-state index in [9.17, 15) is 9.90 Å². The van der Waals surface area contributed by atoms with E-state index in [0.717, 1.165) is 62.6 Å². The van der Waals surface area contributed by atoms with E-state index < -0.39 is 5.60 Å². The lowest BCUT2D eigenvalue weighted by molar-refractivity contribution is -0.136. The molecule has 4 nitrogen and oxygen atoms in total. The molecule has 0 unspecified atom stereocenters. The van der Waals surface area contributed by atoms with Crippen molar-refractivity contribution in [2.24, 2.45) is 0 Å². The molecular formula is C17H23ClN2O2. The third-order valence-electron chi connectivity index (χ3n) is 4.84. The Bertz CT molecular complexity index is 518. The lowest BCUT2D eigenvalue weighted by Crippen LogP contribution is -2.50. The number of rotatable bonds is 3. The molecule has 120 valence electrons. The SMILES string of the molecule is O=C(CC1(O)CCCC1)N1CCN(c2ccc(Cl)cc2)CC1. The van der Waals surface area contributed by atoms with Gasteiger partial charge in [0.15, 0.2) is 0 Å². The van der Waals surface area contributed by atoms with Gasteiger partial charge in [-0.1, -0.05) is 24.4 Å². The summed E-state index contributed by atoms with van der Waals surface area (Å²) >= 11 is 5.91. The lowest BCUT2D eigenvalue weighted by atomic mass is 9.97. The molecule has 0 bridgehead atoms. The fourth-order valence-electron chi connectivity index (χ4n) is 3.47. The molecule has 1 aliphatic carbocycles. The Kier molecular flexibility index (Phi) is 4.59. The van der Waals surface area contributed by atoms with Crippen molar-refractivity contribution >= 4 is 23.2 Å². The number of anilines is 1. The molecule has 2 aliphatic rings. The molecule has 5 heteroatoms. The Morgan fingerprint density at radius 1 is 1.09 bits per heavy atom. The highest BCUT2D eigenvalue weighted by atomic mass is 35.5. The summed E-state index contributed by atoms with van der Waals surface area (Å²) in [6, 6.07) is 7.82. The molecule has 3 rings (SSSR count). The summed E-state index contributed by atoms with van der Waals surface area (Å²) in [4.78, 5) is 16.5. The van der Waals surface area contributed by atoms with Gasteiger partial charge in [0.25, 0.3) is 0 Å². The van der Waals surface area contributed by atoms with Gasteiger partial charge >= 0.3 is 0 Å². The molecular weight excluding hydrogens is 300 g/mol. The average molecular weight is 323 g/mol. The van der Waals surface area contributed by atoms with Gasteiger partial charge in [0.2, 0.25) is 5.91 Å². The van der Waals surface area contributed by atoms with E-state index in [2.05, 4.69) is 4.90 Å². The van der Waals surface area contributed by atoms with E-state index in [1.165, 1.54) is 0 Å². The summed E-state index contributed by atoms with van der Waals surface area (Å²) < 4.78 is 0. The van der Waals surface area contributed by atoms with E-state index in [1.54, 1.807) is 0 Å². The summed E-state index contributed by atoms with van der Waals surface area (Å²) in [6.07, 6.45) is 3.89. The number of hydrogen-bond donors (Lipinski definition) is 1. The summed E-state index contributed by atoms with van der Waals surface area (Å²) in [6.45, 7) is 3.09. The molecule has 1 amide bonds. The molecule has 0 aromatic heterocycles. The number of amides is 1. The molecule has 1 saturated heterocycles. The van der Waals surface area contributed by atoms with E-state index in [1.807, 2.05) is 29.2 Å². The Hall–Kier alpha value is -1.26. The zero-order valence-electron chi connectivity index (χ0n) is 12.8. The van der Waals surface area contributed by atoms with Gasteiger partial charge in [0.1, 0.15) is 0 Å². The van der Waals surface area contributed by atoms with Crippen LogP contribution in [0.25, 0.3) is 0 Å². The van der Waals surface area contributed by atoms with Crippen molar-refractivity contribution in [3.63, 3.8) is 0 Å². The first-order chi connectivity index (χ1) is 10.6. The first-order valence-corrected chi connectivity index (χ1v) is 8.44. The second-order valence-corrected chi connectivity index (χ2v) is 6.89. The highest BCUT2D eigenvalue weighted by Crippen LogP contribution is 2.33. The first kappa shape index (κ1) is 15.6. The number of halogens is 1. The predicted octanol–water partition coefficient (Wildman–Crippen LogP) is 2.68. The van der Waals surface area contributed by atoms with E-state index in [-0.39, 0.29) is 12.3 Å². The van der Waals surface area contributed by atoms with Crippen molar-refractivity contribution in [1.29, 1.82) is 0 Å². The number of carbonyl (C=O) groups is 1. The summed E-state index contributed by atoms with van der Waals surface area (Å²) in [5.41, 5.74) is 0.399. The molecule has 1 aromatic carbocycles. The molecule has 0 atom stereocenters. The fraction of sp³-hybridized carbons (Fsp3) is 0.588. The Morgan fingerprint density at radius 2 is 1.68 bits per heavy atom. The van der Waals surface area contributed by atoms with Gasteiger partial charge in [-0.05, 0) is 37.1 Å². The highest BCUT2D eigenvalue weighted by molar-refractivity contribution is 6.30. The van der Waals surface area contributed by atoms with Gasteiger partial charge in [-0.15, -0.1) is 0 Å². The molecule has 2 fully saturated rings. The summed E-state index contributed by atoms with van der Waals surface area (Å²) in [7, 11) is 0. The standard InChI is InChI=1S/C17H23ClN2O2/c18-14-3-5-15(6-4-14)19-9-11-20(12-10-19)16(21)13-17(22)7-1-2-8-17/h3-6,22H,1-2,7-13H2. The van der Waals surface area contributed by atoms with Gasteiger partial charge in [0.05, 0.1) is 12.0 Å². The third kappa shape index (κ3) is 3.55. The molecule has 22 heavy (non-hydrogen) atoms. The van der Waals surface area contributed by atoms with Crippen LogP contribution >= 0.6 is 11.6 Å². The van der Waals surface area contributed by atoms with Gasteiger partial charge in [-0.2, -0.15) is 0 Å². The number of carbonyl (C=O) groups excluding carboxylic acids is 1. The molecule has 1 heterocycles. The van der Waals surface area contributed by atoms with Crippen LogP contribution in [0.5, 0.6) is 0 Å². The molecule has 0 radical (unpaired) electrons. The Labute approximate surface area is 136 Å². The zero-order valence-corrected chi connectivity index (χ0v) is 13.6. The van der Waals surface area contributed by atoms with E-state index in [4.69, 9.17) is 11.6 Å².